The molecule has 2 aromatic rings. The molecule has 0 heterocycles. The van der Waals surface area contributed by atoms with Crippen LogP contribution >= 0.6 is 11.6 Å². The quantitative estimate of drug-likeness (QED) is 0.769. The van der Waals surface area contributed by atoms with E-state index in [1.165, 1.54) is 14.0 Å². The van der Waals surface area contributed by atoms with Crippen LogP contribution in [-0.4, -0.2) is 25.1 Å². The van der Waals surface area contributed by atoms with Crippen molar-refractivity contribution in [3.8, 4) is 5.75 Å². The molecule has 1 amide bonds. The molecule has 0 radical (unpaired) electrons. The third-order valence-corrected chi connectivity index (χ3v) is 3.80. The molecule has 0 unspecified atom stereocenters. The van der Waals surface area contributed by atoms with Crippen molar-refractivity contribution in [2.75, 3.05) is 7.11 Å². The molecule has 0 aromatic heterocycles. The largest absolute Gasteiger partial charge is 0.496 e. The molecular weight excluding hydrogens is 342 g/mol. The number of nitrogens with one attached hydrogen (secondary N) is 1. The molecule has 2 rings (SSSR count). The molecule has 5 nitrogen and oxygen atoms in total. The van der Waals surface area contributed by atoms with E-state index in [9.17, 15) is 9.59 Å². The van der Waals surface area contributed by atoms with E-state index < -0.39 is 12.1 Å². The SMILES string of the molecule is COc1ccc(Cl)cc1CC(=O)O[C@@H](C)C(=O)NCc1ccccc1. The van der Waals surface area contributed by atoms with Gasteiger partial charge >= 0.3 is 5.97 Å². The van der Waals surface area contributed by atoms with Crippen LogP contribution in [0.25, 0.3) is 0 Å². The van der Waals surface area contributed by atoms with Crippen LogP contribution in [0, 0.1) is 0 Å². The summed E-state index contributed by atoms with van der Waals surface area (Å²) in [6, 6.07) is 14.5. The maximum atomic E-state index is 12.1. The van der Waals surface area contributed by atoms with E-state index in [1.807, 2.05) is 30.3 Å². The number of amides is 1. The van der Waals surface area contributed by atoms with E-state index >= 15 is 0 Å². The molecule has 0 fully saturated rings. The van der Waals surface area contributed by atoms with Crippen LogP contribution in [0.3, 0.4) is 0 Å². The minimum Gasteiger partial charge on any atom is -0.496 e. The Morgan fingerprint density at radius 2 is 1.88 bits per heavy atom. The first kappa shape index (κ1) is 18.8. The Hall–Kier alpha value is -2.53. The van der Waals surface area contributed by atoms with Gasteiger partial charge in [-0.15, -0.1) is 0 Å². The number of carbonyl (C=O) groups is 2. The second-order valence-electron chi connectivity index (χ2n) is 5.47. The summed E-state index contributed by atoms with van der Waals surface area (Å²) in [4.78, 5) is 24.1. The Morgan fingerprint density at radius 1 is 1.16 bits per heavy atom. The van der Waals surface area contributed by atoms with E-state index in [-0.39, 0.29) is 12.3 Å². The maximum Gasteiger partial charge on any atom is 0.311 e. The van der Waals surface area contributed by atoms with E-state index in [1.54, 1.807) is 18.2 Å². The third kappa shape index (κ3) is 5.80. The van der Waals surface area contributed by atoms with Crippen molar-refractivity contribution in [3.63, 3.8) is 0 Å². The molecule has 0 aliphatic carbocycles. The van der Waals surface area contributed by atoms with Gasteiger partial charge in [-0.2, -0.15) is 0 Å². The van der Waals surface area contributed by atoms with Crippen LogP contribution in [0.1, 0.15) is 18.1 Å². The lowest BCUT2D eigenvalue weighted by molar-refractivity contribution is -0.154. The zero-order valence-electron chi connectivity index (χ0n) is 14.1. The van der Waals surface area contributed by atoms with Gasteiger partial charge < -0.3 is 14.8 Å². The van der Waals surface area contributed by atoms with Crippen molar-refractivity contribution in [1.29, 1.82) is 0 Å². The normalized spacial score (nSPS) is 11.5. The molecule has 0 aliphatic rings. The molecule has 0 saturated heterocycles. The van der Waals surface area contributed by atoms with Crippen LogP contribution < -0.4 is 10.1 Å². The lowest BCUT2D eigenvalue weighted by atomic mass is 10.1. The van der Waals surface area contributed by atoms with Gasteiger partial charge in [0.05, 0.1) is 13.5 Å². The monoisotopic (exact) mass is 361 g/mol. The number of benzene rings is 2. The Morgan fingerprint density at radius 3 is 2.56 bits per heavy atom. The summed E-state index contributed by atoms with van der Waals surface area (Å²) in [6.45, 7) is 1.91. The van der Waals surface area contributed by atoms with Crippen molar-refractivity contribution < 1.29 is 19.1 Å². The summed E-state index contributed by atoms with van der Waals surface area (Å²) < 4.78 is 10.4. The topological polar surface area (TPSA) is 64.6 Å². The lowest BCUT2D eigenvalue weighted by Gasteiger charge is -2.14. The van der Waals surface area contributed by atoms with Gasteiger partial charge in [-0.05, 0) is 30.7 Å². The number of halogens is 1. The first-order valence-corrected chi connectivity index (χ1v) is 8.21. The number of esters is 1. The Balaban J connectivity index is 1.87. The number of hydrogen-bond donors (Lipinski definition) is 1. The van der Waals surface area contributed by atoms with E-state index in [4.69, 9.17) is 21.1 Å². The number of hydrogen-bond acceptors (Lipinski definition) is 4. The highest BCUT2D eigenvalue weighted by molar-refractivity contribution is 6.30. The molecule has 1 atom stereocenters. The highest BCUT2D eigenvalue weighted by Gasteiger charge is 2.19. The van der Waals surface area contributed by atoms with Gasteiger partial charge in [0.1, 0.15) is 5.75 Å². The Bertz CT molecular complexity index is 733. The summed E-state index contributed by atoms with van der Waals surface area (Å²) in [5.74, 6) is -0.333. The average molecular weight is 362 g/mol. The lowest BCUT2D eigenvalue weighted by Crippen LogP contribution is -2.35. The first-order chi connectivity index (χ1) is 12.0. The van der Waals surface area contributed by atoms with Gasteiger partial charge in [0, 0.05) is 17.1 Å². The molecule has 6 heteroatoms. The average Bonchev–Trinajstić information content (AvgIpc) is 2.60. The van der Waals surface area contributed by atoms with Crippen LogP contribution in [0.5, 0.6) is 5.75 Å². The van der Waals surface area contributed by atoms with Crippen LogP contribution in [0.2, 0.25) is 5.02 Å². The predicted octanol–water partition coefficient (Wildman–Crippen LogP) is 3.14. The molecule has 0 bridgehead atoms. The van der Waals surface area contributed by atoms with E-state index in [0.717, 1.165) is 5.56 Å². The van der Waals surface area contributed by atoms with Crippen molar-refractivity contribution in [1.82, 2.24) is 5.32 Å². The molecule has 1 N–H and O–H groups in total. The van der Waals surface area contributed by atoms with Gasteiger partial charge in [-0.25, -0.2) is 0 Å². The second-order valence-corrected chi connectivity index (χ2v) is 5.90. The summed E-state index contributed by atoms with van der Waals surface area (Å²) >= 11 is 5.94. The molecule has 0 spiro atoms. The molecule has 2 aromatic carbocycles. The second kappa shape index (κ2) is 9.08. The summed E-state index contributed by atoms with van der Waals surface area (Å²) in [7, 11) is 1.51. The first-order valence-electron chi connectivity index (χ1n) is 7.83. The highest BCUT2D eigenvalue weighted by atomic mass is 35.5. The van der Waals surface area contributed by atoms with Crippen molar-refractivity contribution in [3.05, 3.63) is 64.7 Å². The standard InChI is InChI=1S/C19H20ClNO4/c1-13(19(23)21-12-14-6-4-3-5-7-14)25-18(22)11-15-10-16(20)8-9-17(15)24-2/h3-10,13H,11-12H2,1-2H3,(H,21,23)/t13-/m0/s1. The zero-order chi connectivity index (χ0) is 18.2. The number of rotatable bonds is 7. The smallest absolute Gasteiger partial charge is 0.311 e. The Labute approximate surface area is 151 Å². The molecule has 132 valence electrons. The van der Waals surface area contributed by atoms with Crippen molar-refractivity contribution in [2.45, 2.75) is 26.0 Å². The number of methoxy groups -OCH3 is 1. The van der Waals surface area contributed by atoms with Gasteiger partial charge in [0.15, 0.2) is 6.10 Å². The molecule has 25 heavy (non-hydrogen) atoms. The van der Waals surface area contributed by atoms with Crippen molar-refractivity contribution >= 4 is 23.5 Å². The van der Waals surface area contributed by atoms with Gasteiger partial charge in [-0.1, -0.05) is 41.9 Å². The number of ether oxygens (including phenoxy) is 2. The van der Waals surface area contributed by atoms with Crippen molar-refractivity contribution in [2.24, 2.45) is 0 Å². The van der Waals surface area contributed by atoms with E-state index in [2.05, 4.69) is 5.32 Å². The van der Waals surface area contributed by atoms with Crippen LogP contribution in [-0.2, 0) is 27.3 Å². The van der Waals surface area contributed by atoms with E-state index in [0.29, 0.717) is 22.9 Å². The number of carbonyl (C=O) groups excluding carboxylic acids is 2. The zero-order valence-corrected chi connectivity index (χ0v) is 14.9. The maximum absolute atomic E-state index is 12.1. The minimum atomic E-state index is -0.888. The highest BCUT2D eigenvalue weighted by Crippen LogP contribution is 2.23. The van der Waals surface area contributed by atoms with Gasteiger partial charge in [-0.3, -0.25) is 9.59 Å². The van der Waals surface area contributed by atoms with Gasteiger partial charge in [0.2, 0.25) is 0 Å². The van der Waals surface area contributed by atoms with Crippen LogP contribution in [0.15, 0.2) is 48.5 Å². The third-order valence-electron chi connectivity index (χ3n) is 3.56. The fourth-order valence-electron chi connectivity index (χ4n) is 2.26. The molecule has 0 saturated carbocycles. The molecular formula is C19H20ClNO4. The fourth-order valence-corrected chi connectivity index (χ4v) is 2.46. The Kier molecular flexibility index (Phi) is 6.83. The minimum absolute atomic E-state index is 0.0277. The summed E-state index contributed by atoms with van der Waals surface area (Å²) in [5, 5.41) is 3.24. The predicted molar refractivity (Wildman–Crippen MR) is 95.6 cm³/mol. The summed E-state index contributed by atoms with van der Waals surface area (Å²) in [5.41, 5.74) is 1.58. The van der Waals surface area contributed by atoms with Gasteiger partial charge in [0.25, 0.3) is 5.91 Å². The molecule has 0 aliphatic heterocycles. The fraction of sp³-hybridized carbons (Fsp3) is 0.263. The van der Waals surface area contributed by atoms with Crippen LogP contribution in [0.4, 0.5) is 0 Å². The summed E-state index contributed by atoms with van der Waals surface area (Å²) in [6.07, 6.45) is -0.915.